The van der Waals surface area contributed by atoms with E-state index in [1.54, 1.807) is 10.8 Å². The average molecular weight is 490 g/mol. The molecule has 0 fully saturated rings. The SMILES string of the molecule is C[C@]1(Cc2ccccc2)CCc2cc(C(=O)NS(=O)(=O)c3ccccc3C(F)(F)F)ccc2O1. The van der Waals surface area contributed by atoms with Crippen LogP contribution in [0, 0.1) is 0 Å². The van der Waals surface area contributed by atoms with Crippen molar-refractivity contribution in [3.8, 4) is 5.75 Å². The molecule has 9 heteroatoms. The van der Waals surface area contributed by atoms with Crippen LogP contribution in [0.15, 0.2) is 77.7 Å². The van der Waals surface area contributed by atoms with Gasteiger partial charge in [-0.2, -0.15) is 13.2 Å². The molecule has 0 saturated heterocycles. The Balaban J connectivity index is 1.52. The zero-order valence-corrected chi connectivity index (χ0v) is 19.0. The molecule has 0 aliphatic carbocycles. The molecule has 178 valence electrons. The Morgan fingerprint density at radius 2 is 1.71 bits per heavy atom. The largest absolute Gasteiger partial charge is 0.487 e. The van der Waals surface area contributed by atoms with Gasteiger partial charge in [0.15, 0.2) is 0 Å². The minimum absolute atomic E-state index is 0.0158. The van der Waals surface area contributed by atoms with Crippen molar-refractivity contribution < 1.29 is 31.1 Å². The zero-order chi connectivity index (χ0) is 24.6. The van der Waals surface area contributed by atoms with Crippen molar-refractivity contribution in [1.82, 2.24) is 4.72 Å². The van der Waals surface area contributed by atoms with E-state index in [9.17, 15) is 26.4 Å². The molecule has 1 atom stereocenters. The first-order valence-corrected chi connectivity index (χ1v) is 12.0. The van der Waals surface area contributed by atoms with Crippen LogP contribution in [-0.4, -0.2) is 19.9 Å². The molecule has 5 nitrogen and oxygen atoms in total. The highest BCUT2D eigenvalue weighted by Crippen LogP contribution is 2.36. The van der Waals surface area contributed by atoms with E-state index < -0.39 is 38.2 Å². The third kappa shape index (κ3) is 5.09. The Kier molecular flexibility index (Phi) is 6.16. The number of halogens is 3. The van der Waals surface area contributed by atoms with Gasteiger partial charge in [0, 0.05) is 12.0 Å². The summed E-state index contributed by atoms with van der Waals surface area (Å²) in [4.78, 5) is 11.6. The van der Waals surface area contributed by atoms with E-state index in [1.807, 2.05) is 37.3 Å². The second kappa shape index (κ2) is 8.79. The van der Waals surface area contributed by atoms with E-state index in [2.05, 4.69) is 0 Å². The van der Waals surface area contributed by atoms with Crippen molar-refractivity contribution in [1.29, 1.82) is 0 Å². The number of ether oxygens (including phenoxy) is 1. The van der Waals surface area contributed by atoms with Gasteiger partial charge >= 0.3 is 6.18 Å². The number of hydrogen-bond donors (Lipinski definition) is 1. The molecule has 34 heavy (non-hydrogen) atoms. The summed E-state index contributed by atoms with van der Waals surface area (Å²) in [6, 6.07) is 18.1. The summed E-state index contributed by atoms with van der Waals surface area (Å²) in [5, 5.41) is 0. The molecule has 0 unspecified atom stereocenters. The van der Waals surface area contributed by atoms with Crippen LogP contribution >= 0.6 is 0 Å². The summed E-state index contributed by atoms with van der Waals surface area (Å²) in [6.45, 7) is 2.01. The van der Waals surface area contributed by atoms with Crippen LogP contribution in [0.2, 0.25) is 0 Å². The molecule has 1 amide bonds. The first kappa shape index (κ1) is 23.8. The topological polar surface area (TPSA) is 72.5 Å². The van der Waals surface area contributed by atoms with E-state index in [1.165, 1.54) is 12.1 Å². The van der Waals surface area contributed by atoms with Gasteiger partial charge in [0.1, 0.15) is 11.4 Å². The van der Waals surface area contributed by atoms with E-state index in [-0.39, 0.29) is 5.56 Å². The summed E-state index contributed by atoms with van der Waals surface area (Å²) in [7, 11) is -4.75. The Morgan fingerprint density at radius 3 is 2.41 bits per heavy atom. The Hall–Kier alpha value is -3.33. The van der Waals surface area contributed by atoms with Gasteiger partial charge in [0.05, 0.1) is 10.5 Å². The monoisotopic (exact) mass is 489 g/mol. The highest BCUT2D eigenvalue weighted by Gasteiger charge is 2.37. The van der Waals surface area contributed by atoms with Gasteiger partial charge in [0.2, 0.25) is 0 Å². The number of amides is 1. The van der Waals surface area contributed by atoms with Gasteiger partial charge in [0.25, 0.3) is 15.9 Å². The van der Waals surface area contributed by atoms with Gasteiger partial charge in [-0.25, -0.2) is 13.1 Å². The summed E-state index contributed by atoms with van der Waals surface area (Å²) in [6.07, 6.45) is -2.91. The summed E-state index contributed by atoms with van der Waals surface area (Å²) in [5.74, 6) is -0.427. The number of rotatable bonds is 5. The predicted octanol–water partition coefficient (Wildman–Crippen LogP) is 5.15. The lowest BCUT2D eigenvalue weighted by Crippen LogP contribution is -2.38. The number of carbonyl (C=O) groups is 1. The Bertz CT molecular complexity index is 1320. The van der Waals surface area contributed by atoms with Gasteiger partial charge in [-0.15, -0.1) is 0 Å². The maximum absolute atomic E-state index is 13.2. The van der Waals surface area contributed by atoms with Crippen LogP contribution in [0.25, 0.3) is 0 Å². The molecular weight excluding hydrogens is 467 g/mol. The number of fused-ring (bicyclic) bond motifs is 1. The first-order chi connectivity index (χ1) is 16.0. The predicted molar refractivity (Wildman–Crippen MR) is 120 cm³/mol. The number of hydrogen-bond acceptors (Lipinski definition) is 4. The highest BCUT2D eigenvalue weighted by molar-refractivity contribution is 7.90. The molecule has 1 aliphatic heterocycles. The second-order valence-electron chi connectivity index (χ2n) is 8.47. The molecule has 3 aromatic carbocycles. The third-order valence-electron chi connectivity index (χ3n) is 5.73. The second-order valence-corrected chi connectivity index (χ2v) is 10.1. The molecule has 1 aliphatic rings. The molecule has 0 saturated carbocycles. The lowest BCUT2D eigenvalue weighted by molar-refractivity contribution is -0.139. The molecule has 0 bridgehead atoms. The molecule has 1 heterocycles. The minimum atomic E-state index is -4.88. The quantitative estimate of drug-likeness (QED) is 0.538. The third-order valence-corrected chi connectivity index (χ3v) is 7.12. The van der Waals surface area contributed by atoms with Crippen LogP contribution in [0.5, 0.6) is 5.75 Å². The lowest BCUT2D eigenvalue weighted by Gasteiger charge is -2.36. The van der Waals surface area contributed by atoms with Gasteiger partial charge in [-0.3, -0.25) is 4.79 Å². The van der Waals surface area contributed by atoms with Crippen molar-refractivity contribution in [3.05, 3.63) is 95.1 Å². The van der Waals surface area contributed by atoms with E-state index in [0.29, 0.717) is 31.1 Å². The zero-order valence-electron chi connectivity index (χ0n) is 18.2. The standard InChI is InChI=1S/C25H22F3NO4S/c1-24(16-17-7-3-2-4-8-17)14-13-18-15-19(11-12-21(18)33-24)23(30)29-34(31,32)22-10-6-5-9-20(22)25(26,27)28/h2-12,15H,13-14,16H2,1H3,(H,29,30)/t24-/m1/s1. The minimum Gasteiger partial charge on any atom is -0.487 e. The molecular formula is C25H22F3NO4S. The van der Waals surface area contributed by atoms with Crippen molar-refractivity contribution >= 4 is 15.9 Å². The first-order valence-electron chi connectivity index (χ1n) is 10.6. The van der Waals surface area contributed by atoms with E-state index in [0.717, 1.165) is 29.3 Å². The van der Waals surface area contributed by atoms with Crippen LogP contribution in [0.1, 0.15) is 40.4 Å². The highest BCUT2D eigenvalue weighted by atomic mass is 32.2. The Morgan fingerprint density at radius 1 is 1.03 bits per heavy atom. The van der Waals surface area contributed by atoms with E-state index >= 15 is 0 Å². The lowest BCUT2D eigenvalue weighted by atomic mass is 9.87. The summed E-state index contributed by atoms with van der Waals surface area (Å²) >= 11 is 0. The molecule has 1 N–H and O–H groups in total. The maximum Gasteiger partial charge on any atom is 0.417 e. The number of sulfonamides is 1. The Labute approximate surface area is 195 Å². The average Bonchev–Trinajstić information content (AvgIpc) is 2.78. The number of benzene rings is 3. The maximum atomic E-state index is 13.2. The fraction of sp³-hybridized carbons (Fsp3) is 0.240. The van der Waals surface area contributed by atoms with Gasteiger partial charge in [-0.05, 0) is 61.2 Å². The van der Waals surface area contributed by atoms with Crippen molar-refractivity contribution in [2.24, 2.45) is 0 Å². The smallest absolute Gasteiger partial charge is 0.417 e. The van der Waals surface area contributed by atoms with E-state index in [4.69, 9.17) is 4.74 Å². The molecule has 0 aromatic heterocycles. The summed E-state index contributed by atoms with van der Waals surface area (Å²) < 4.78 is 72.8. The van der Waals surface area contributed by atoms with Crippen LogP contribution in [-0.2, 0) is 29.0 Å². The normalized spacial score (nSPS) is 18.0. The van der Waals surface area contributed by atoms with Crippen LogP contribution in [0.4, 0.5) is 13.2 Å². The van der Waals surface area contributed by atoms with Crippen molar-refractivity contribution in [3.63, 3.8) is 0 Å². The van der Waals surface area contributed by atoms with Crippen molar-refractivity contribution in [2.75, 3.05) is 0 Å². The van der Waals surface area contributed by atoms with Gasteiger partial charge < -0.3 is 4.74 Å². The number of nitrogens with one attached hydrogen (secondary N) is 1. The molecule has 0 radical (unpaired) electrons. The van der Waals surface area contributed by atoms with Crippen LogP contribution < -0.4 is 9.46 Å². The number of alkyl halides is 3. The molecule has 3 aromatic rings. The van der Waals surface area contributed by atoms with Gasteiger partial charge in [-0.1, -0.05) is 42.5 Å². The molecule has 0 spiro atoms. The summed E-state index contributed by atoms with van der Waals surface area (Å²) in [5.41, 5.74) is 0.0944. The molecule has 4 rings (SSSR count). The van der Waals surface area contributed by atoms with Crippen molar-refractivity contribution in [2.45, 2.75) is 42.9 Å². The fourth-order valence-corrected chi connectivity index (χ4v) is 5.26. The van der Waals surface area contributed by atoms with Crippen LogP contribution in [0.3, 0.4) is 0 Å². The number of carbonyl (C=O) groups excluding carboxylic acids is 1. The number of aryl methyl sites for hydroxylation is 1. The fourth-order valence-electron chi connectivity index (χ4n) is 4.05.